The van der Waals surface area contributed by atoms with E-state index in [0.717, 1.165) is 24.3 Å². The molecule has 0 bridgehead atoms. The first-order valence-corrected chi connectivity index (χ1v) is 8.72. The van der Waals surface area contributed by atoms with E-state index in [4.69, 9.17) is 4.74 Å². The maximum absolute atomic E-state index is 5.56. The van der Waals surface area contributed by atoms with Gasteiger partial charge in [-0.1, -0.05) is 40.8 Å². The van der Waals surface area contributed by atoms with Crippen LogP contribution in [0.2, 0.25) is 0 Å². The highest BCUT2D eigenvalue weighted by Crippen LogP contribution is 2.38. The van der Waals surface area contributed by atoms with Crippen molar-refractivity contribution in [3.05, 3.63) is 39.5 Å². The van der Waals surface area contributed by atoms with Gasteiger partial charge in [-0.2, -0.15) is 0 Å². The molecule has 0 aromatic heterocycles. The van der Waals surface area contributed by atoms with Crippen molar-refractivity contribution >= 4 is 22.6 Å². The van der Waals surface area contributed by atoms with Crippen LogP contribution >= 0.6 is 22.6 Å². The third-order valence-electron chi connectivity index (χ3n) is 4.81. The molecule has 0 unspecified atom stereocenters. The molecule has 3 rings (SSSR count). The van der Waals surface area contributed by atoms with Gasteiger partial charge in [-0.05, 0) is 59.4 Å². The van der Waals surface area contributed by atoms with E-state index in [9.17, 15) is 0 Å². The van der Waals surface area contributed by atoms with E-state index in [-0.39, 0.29) is 0 Å². The van der Waals surface area contributed by atoms with E-state index in [1.54, 1.807) is 7.11 Å². The van der Waals surface area contributed by atoms with Gasteiger partial charge in [0.1, 0.15) is 5.75 Å². The Kier molecular flexibility index (Phi) is 4.66. The molecule has 1 saturated heterocycles. The Morgan fingerprint density at radius 3 is 3.10 bits per heavy atom. The molecule has 0 N–H and O–H groups in total. The normalized spacial score (nSPS) is 26.3. The summed E-state index contributed by atoms with van der Waals surface area (Å²) >= 11 is 2.32. The van der Waals surface area contributed by atoms with Crippen LogP contribution in [0, 0.1) is 5.92 Å². The topological polar surface area (TPSA) is 12.5 Å². The lowest BCUT2D eigenvalue weighted by Gasteiger charge is -2.44. The smallest absolute Gasteiger partial charge is 0.122 e. The summed E-state index contributed by atoms with van der Waals surface area (Å²) in [5.41, 5.74) is 2.96. The number of methoxy groups -OCH3 is 1. The number of fused-ring (bicyclic) bond motifs is 2. The summed E-state index contributed by atoms with van der Waals surface area (Å²) in [6.07, 6.45) is 7.36. The molecule has 108 valence electrons. The number of halogens is 1. The average Bonchev–Trinajstić information content (AvgIpc) is 2.50. The number of hydrogen-bond acceptors (Lipinski definition) is 2. The Bertz CT molecular complexity index is 500. The van der Waals surface area contributed by atoms with Gasteiger partial charge in [-0.15, -0.1) is 0 Å². The van der Waals surface area contributed by atoms with Crippen molar-refractivity contribution in [2.75, 3.05) is 20.2 Å². The molecule has 2 nitrogen and oxygen atoms in total. The van der Waals surface area contributed by atoms with Gasteiger partial charge in [0.2, 0.25) is 0 Å². The quantitative estimate of drug-likeness (QED) is 0.736. The molecule has 1 aliphatic heterocycles. The molecule has 3 heteroatoms. The summed E-state index contributed by atoms with van der Waals surface area (Å²) in [7, 11) is 1.79. The first kappa shape index (κ1) is 14.4. The zero-order valence-corrected chi connectivity index (χ0v) is 14.2. The number of likely N-dealkylation sites (tertiary alicyclic amines) is 1. The van der Waals surface area contributed by atoms with Crippen LogP contribution < -0.4 is 4.74 Å². The van der Waals surface area contributed by atoms with Crippen molar-refractivity contribution in [1.29, 1.82) is 0 Å². The van der Waals surface area contributed by atoms with Crippen LogP contribution in [0.15, 0.2) is 28.4 Å². The van der Waals surface area contributed by atoms with Crippen molar-refractivity contribution in [2.45, 2.75) is 31.7 Å². The summed E-state index contributed by atoms with van der Waals surface area (Å²) in [5, 5.41) is 0. The molecule has 0 spiro atoms. The Morgan fingerprint density at radius 2 is 2.30 bits per heavy atom. The zero-order valence-electron chi connectivity index (χ0n) is 12.0. The third-order valence-corrected chi connectivity index (χ3v) is 5.32. The molecule has 1 fully saturated rings. The third kappa shape index (κ3) is 2.75. The van der Waals surface area contributed by atoms with Gasteiger partial charge in [-0.25, -0.2) is 0 Å². The van der Waals surface area contributed by atoms with Crippen LogP contribution in [0.5, 0.6) is 5.75 Å². The van der Waals surface area contributed by atoms with Gasteiger partial charge in [0.05, 0.1) is 7.11 Å². The molecule has 0 saturated carbocycles. The average molecular weight is 383 g/mol. The van der Waals surface area contributed by atoms with Crippen LogP contribution in [0.25, 0.3) is 0 Å². The van der Waals surface area contributed by atoms with Gasteiger partial charge in [0.15, 0.2) is 0 Å². The fourth-order valence-electron chi connectivity index (χ4n) is 3.86. The lowest BCUT2D eigenvalue weighted by molar-refractivity contribution is 0.0966. The van der Waals surface area contributed by atoms with E-state index in [1.165, 1.54) is 43.4 Å². The van der Waals surface area contributed by atoms with Crippen LogP contribution in [0.1, 0.15) is 24.0 Å². The van der Waals surface area contributed by atoms with Crippen molar-refractivity contribution < 1.29 is 4.74 Å². The molecule has 1 aromatic carbocycles. The number of benzene rings is 1. The highest BCUT2D eigenvalue weighted by atomic mass is 127. The molecular formula is C17H22INO. The predicted octanol–water partition coefficient (Wildman–Crippen LogP) is 3.82. The van der Waals surface area contributed by atoms with Crippen molar-refractivity contribution in [3.63, 3.8) is 0 Å². The second-order valence-corrected chi connectivity index (χ2v) is 6.55. The summed E-state index contributed by atoms with van der Waals surface area (Å²) in [5.74, 6) is 1.89. The number of piperidine rings is 1. The minimum Gasteiger partial charge on any atom is -0.496 e. The fraction of sp³-hybridized carbons (Fsp3) is 0.529. The van der Waals surface area contributed by atoms with Crippen LogP contribution in [0.4, 0.5) is 0 Å². The van der Waals surface area contributed by atoms with E-state index < -0.39 is 0 Å². The van der Waals surface area contributed by atoms with Gasteiger partial charge in [0, 0.05) is 12.6 Å². The van der Waals surface area contributed by atoms with Crippen LogP contribution in [-0.4, -0.2) is 31.1 Å². The van der Waals surface area contributed by atoms with Gasteiger partial charge in [-0.3, -0.25) is 4.90 Å². The van der Waals surface area contributed by atoms with Gasteiger partial charge in [0.25, 0.3) is 0 Å². The van der Waals surface area contributed by atoms with Gasteiger partial charge >= 0.3 is 0 Å². The molecule has 1 heterocycles. The standard InChI is InChI=1S/C17H22INO/c1-20-17-7-2-5-13-12-16-14(11-15(13)17)6-3-9-19(16)10-4-8-18/h2,4-5,7-8,14,16H,3,6,9-12H2,1H3/b8-4+/t14-,16-/m0/s1. The zero-order chi connectivity index (χ0) is 13.9. The maximum atomic E-state index is 5.56. The molecule has 2 atom stereocenters. The minimum atomic E-state index is 0.718. The number of hydrogen-bond donors (Lipinski definition) is 0. The lowest BCUT2D eigenvalue weighted by Crippen LogP contribution is -2.49. The number of ether oxygens (including phenoxy) is 1. The van der Waals surface area contributed by atoms with Crippen molar-refractivity contribution in [1.82, 2.24) is 4.90 Å². The van der Waals surface area contributed by atoms with Crippen molar-refractivity contribution in [2.24, 2.45) is 5.92 Å². The largest absolute Gasteiger partial charge is 0.496 e. The van der Waals surface area contributed by atoms with E-state index in [0.29, 0.717) is 0 Å². The van der Waals surface area contributed by atoms with E-state index in [1.807, 2.05) is 0 Å². The van der Waals surface area contributed by atoms with Crippen LogP contribution in [-0.2, 0) is 12.8 Å². The second kappa shape index (κ2) is 6.48. The highest BCUT2D eigenvalue weighted by molar-refractivity contribution is 14.1. The maximum Gasteiger partial charge on any atom is 0.122 e. The molecule has 0 amide bonds. The predicted molar refractivity (Wildman–Crippen MR) is 91.6 cm³/mol. The lowest BCUT2D eigenvalue weighted by atomic mass is 9.75. The first-order chi connectivity index (χ1) is 9.83. The Balaban J connectivity index is 1.86. The van der Waals surface area contributed by atoms with Gasteiger partial charge < -0.3 is 4.74 Å². The molecule has 1 aliphatic carbocycles. The summed E-state index contributed by atoms with van der Waals surface area (Å²) in [6, 6.07) is 7.25. The number of rotatable bonds is 3. The fourth-order valence-corrected chi connectivity index (χ4v) is 4.09. The van der Waals surface area contributed by atoms with E-state index >= 15 is 0 Å². The summed E-state index contributed by atoms with van der Waals surface area (Å²) in [6.45, 7) is 2.35. The van der Waals surface area contributed by atoms with E-state index in [2.05, 4.69) is 55.8 Å². The molecule has 20 heavy (non-hydrogen) atoms. The minimum absolute atomic E-state index is 0.718. The van der Waals surface area contributed by atoms with Crippen molar-refractivity contribution in [3.8, 4) is 5.75 Å². The molecule has 1 aromatic rings. The molecule has 0 radical (unpaired) electrons. The Hall–Kier alpha value is -0.550. The SMILES string of the molecule is COc1cccc2c1C[C@@H]1CCCN(C/C=C/I)[C@H]1C2. The summed E-state index contributed by atoms with van der Waals surface area (Å²) < 4.78 is 7.70. The molecule has 2 aliphatic rings. The summed E-state index contributed by atoms with van der Waals surface area (Å²) in [4.78, 5) is 2.67. The molecular weight excluding hydrogens is 361 g/mol. The highest BCUT2D eigenvalue weighted by Gasteiger charge is 2.35. The van der Waals surface area contributed by atoms with Crippen LogP contribution in [0.3, 0.4) is 0 Å². The Morgan fingerprint density at radius 1 is 1.40 bits per heavy atom. The Labute approximate surface area is 135 Å². The monoisotopic (exact) mass is 383 g/mol. The first-order valence-electron chi connectivity index (χ1n) is 7.47. The second-order valence-electron chi connectivity index (χ2n) is 5.83. The number of nitrogens with zero attached hydrogens (tertiary/aromatic N) is 1.